The predicted octanol–water partition coefficient (Wildman–Crippen LogP) is 2.62. The minimum atomic E-state index is -3.58. The van der Waals surface area contributed by atoms with Crippen LogP contribution in [0.3, 0.4) is 0 Å². The molecule has 0 radical (unpaired) electrons. The van der Waals surface area contributed by atoms with E-state index in [4.69, 9.17) is 5.73 Å². The summed E-state index contributed by atoms with van der Waals surface area (Å²) in [5.41, 5.74) is 6.30. The second kappa shape index (κ2) is 4.27. The molecule has 1 heterocycles. The zero-order valence-electron chi connectivity index (χ0n) is 8.15. The molecular formula is C10H10ClF2NO2. The molecule has 0 amide bonds. The van der Waals surface area contributed by atoms with Crippen molar-refractivity contribution in [3.8, 4) is 11.5 Å². The number of rotatable bonds is 2. The van der Waals surface area contributed by atoms with E-state index in [9.17, 15) is 8.78 Å². The van der Waals surface area contributed by atoms with Gasteiger partial charge in [0.25, 0.3) is 0 Å². The van der Waals surface area contributed by atoms with Gasteiger partial charge in [-0.25, -0.2) is 0 Å². The monoisotopic (exact) mass is 249 g/mol. The van der Waals surface area contributed by atoms with Crippen molar-refractivity contribution >= 4 is 12.4 Å². The van der Waals surface area contributed by atoms with Gasteiger partial charge < -0.3 is 15.2 Å². The van der Waals surface area contributed by atoms with Crippen LogP contribution in [0.1, 0.15) is 11.6 Å². The van der Waals surface area contributed by atoms with Crippen molar-refractivity contribution in [1.82, 2.24) is 0 Å². The van der Waals surface area contributed by atoms with Gasteiger partial charge in [-0.2, -0.15) is 0 Å². The van der Waals surface area contributed by atoms with Crippen molar-refractivity contribution in [1.29, 1.82) is 0 Å². The highest BCUT2D eigenvalue weighted by Gasteiger charge is 2.43. The highest BCUT2D eigenvalue weighted by atomic mass is 35.5. The molecule has 2 N–H and O–H groups in total. The van der Waals surface area contributed by atoms with Crippen LogP contribution in [0.25, 0.3) is 0 Å². The van der Waals surface area contributed by atoms with Crippen LogP contribution in [-0.2, 0) is 0 Å². The maximum absolute atomic E-state index is 12.7. The second-order valence-corrected chi connectivity index (χ2v) is 3.14. The van der Waals surface area contributed by atoms with E-state index in [1.165, 1.54) is 18.2 Å². The molecule has 88 valence electrons. The Hall–Kier alpha value is -1.33. The van der Waals surface area contributed by atoms with E-state index in [0.29, 0.717) is 5.56 Å². The Balaban J connectivity index is 0.00000128. The fourth-order valence-electron chi connectivity index (χ4n) is 1.31. The van der Waals surface area contributed by atoms with Crippen molar-refractivity contribution in [3.05, 3.63) is 36.4 Å². The highest BCUT2D eigenvalue weighted by Crippen LogP contribution is 2.41. The zero-order chi connectivity index (χ0) is 11.1. The van der Waals surface area contributed by atoms with Crippen LogP contribution in [0.2, 0.25) is 0 Å². The van der Waals surface area contributed by atoms with Gasteiger partial charge in [0.05, 0.1) is 0 Å². The van der Waals surface area contributed by atoms with E-state index in [1.54, 1.807) is 6.07 Å². The van der Waals surface area contributed by atoms with Gasteiger partial charge in [-0.05, 0) is 17.7 Å². The van der Waals surface area contributed by atoms with Crippen molar-refractivity contribution in [2.45, 2.75) is 12.3 Å². The second-order valence-electron chi connectivity index (χ2n) is 3.14. The molecule has 0 unspecified atom stereocenters. The van der Waals surface area contributed by atoms with Gasteiger partial charge in [0.2, 0.25) is 0 Å². The molecule has 0 spiro atoms. The SMILES string of the molecule is C=C[C@@H](N)c1ccc2c(c1)OC(F)(F)O2.Cl. The molecule has 0 fully saturated rings. The average molecular weight is 250 g/mol. The Bertz CT molecular complexity index is 412. The summed E-state index contributed by atoms with van der Waals surface area (Å²) in [7, 11) is 0. The van der Waals surface area contributed by atoms with E-state index in [-0.39, 0.29) is 23.9 Å². The Labute approximate surface area is 97.2 Å². The third-order valence-electron chi connectivity index (χ3n) is 2.06. The largest absolute Gasteiger partial charge is 0.586 e. The van der Waals surface area contributed by atoms with Gasteiger partial charge in [-0.1, -0.05) is 12.1 Å². The van der Waals surface area contributed by atoms with Crippen LogP contribution in [0.5, 0.6) is 11.5 Å². The number of alkyl halides is 2. The van der Waals surface area contributed by atoms with Gasteiger partial charge >= 0.3 is 6.29 Å². The number of hydrogen-bond donors (Lipinski definition) is 1. The first-order chi connectivity index (χ1) is 7.02. The number of ether oxygens (including phenoxy) is 2. The molecule has 0 aromatic heterocycles. The molecule has 1 aromatic rings. The lowest BCUT2D eigenvalue weighted by molar-refractivity contribution is -0.286. The summed E-state index contributed by atoms with van der Waals surface area (Å²) in [5.74, 6) is 0.00909. The van der Waals surface area contributed by atoms with E-state index in [1.807, 2.05) is 0 Å². The van der Waals surface area contributed by atoms with Gasteiger partial charge in [0.1, 0.15) is 0 Å². The predicted molar refractivity (Wildman–Crippen MR) is 57.0 cm³/mol. The van der Waals surface area contributed by atoms with Gasteiger partial charge in [0, 0.05) is 6.04 Å². The fraction of sp³-hybridized carbons (Fsp3) is 0.200. The van der Waals surface area contributed by atoms with Crippen LogP contribution in [-0.4, -0.2) is 6.29 Å². The molecule has 0 saturated heterocycles. The van der Waals surface area contributed by atoms with Gasteiger partial charge in [-0.15, -0.1) is 27.8 Å². The van der Waals surface area contributed by atoms with E-state index < -0.39 is 12.3 Å². The number of hydrogen-bond acceptors (Lipinski definition) is 3. The van der Waals surface area contributed by atoms with Crippen LogP contribution in [0.4, 0.5) is 8.78 Å². The molecule has 0 aliphatic carbocycles. The molecule has 0 saturated carbocycles. The fourth-order valence-corrected chi connectivity index (χ4v) is 1.31. The number of nitrogens with two attached hydrogens (primary N) is 1. The van der Waals surface area contributed by atoms with Crippen LogP contribution in [0.15, 0.2) is 30.9 Å². The number of halogens is 3. The summed E-state index contributed by atoms with van der Waals surface area (Å²) in [6, 6.07) is 4.00. The summed E-state index contributed by atoms with van der Waals surface area (Å²) >= 11 is 0. The molecule has 1 aliphatic rings. The number of fused-ring (bicyclic) bond motifs is 1. The quantitative estimate of drug-likeness (QED) is 0.820. The number of benzene rings is 1. The first kappa shape index (κ1) is 12.7. The van der Waals surface area contributed by atoms with Crippen molar-refractivity contribution in [2.24, 2.45) is 5.73 Å². The summed E-state index contributed by atoms with van der Waals surface area (Å²) in [6.07, 6.45) is -2.07. The normalized spacial score (nSPS) is 17.4. The average Bonchev–Trinajstić information content (AvgIpc) is 2.49. The van der Waals surface area contributed by atoms with Crippen LogP contribution in [0, 0.1) is 0 Å². The van der Waals surface area contributed by atoms with Crippen molar-refractivity contribution < 1.29 is 18.3 Å². The third-order valence-corrected chi connectivity index (χ3v) is 2.06. The maximum atomic E-state index is 12.7. The first-order valence-corrected chi connectivity index (χ1v) is 4.30. The summed E-state index contributed by atoms with van der Waals surface area (Å²) < 4.78 is 33.8. The van der Waals surface area contributed by atoms with Crippen LogP contribution >= 0.6 is 12.4 Å². The Morgan fingerprint density at radius 3 is 2.56 bits per heavy atom. The van der Waals surface area contributed by atoms with Crippen molar-refractivity contribution in [3.63, 3.8) is 0 Å². The summed E-state index contributed by atoms with van der Waals surface area (Å²) in [5, 5.41) is 0. The lowest BCUT2D eigenvalue weighted by Crippen LogP contribution is -2.25. The van der Waals surface area contributed by atoms with E-state index in [0.717, 1.165) is 0 Å². The van der Waals surface area contributed by atoms with Crippen molar-refractivity contribution in [2.75, 3.05) is 0 Å². The molecule has 1 aliphatic heterocycles. The summed E-state index contributed by atoms with van der Waals surface area (Å²) in [6.45, 7) is 3.51. The molecular weight excluding hydrogens is 240 g/mol. The standard InChI is InChI=1S/C10H9F2NO2.ClH/c1-2-7(13)6-3-4-8-9(5-6)15-10(11,12)14-8;/h2-5,7H,1,13H2;1H/t7-;/m1./s1. The molecule has 1 aromatic carbocycles. The molecule has 3 nitrogen and oxygen atoms in total. The third kappa shape index (κ3) is 2.25. The topological polar surface area (TPSA) is 44.5 Å². The highest BCUT2D eigenvalue weighted by molar-refractivity contribution is 5.85. The minimum Gasteiger partial charge on any atom is -0.395 e. The Kier molecular flexibility index (Phi) is 3.40. The Morgan fingerprint density at radius 1 is 1.31 bits per heavy atom. The molecule has 1 atom stereocenters. The van der Waals surface area contributed by atoms with Gasteiger partial charge in [-0.3, -0.25) is 0 Å². The lowest BCUT2D eigenvalue weighted by Gasteiger charge is -2.06. The van der Waals surface area contributed by atoms with Gasteiger partial charge in [0.15, 0.2) is 11.5 Å². The Morgan fingerprint density at radius 2 is 1.94 bits per heavy atom. The van der Waals surface area contributed by atoms with E-state index >= 15 is 0 Å². The molecule has 0 bridgehead atoms. The van der Waals surface area contributed by atoms with Crippen LogP contribution < -0.4 is 15.2 Å². The minimum absolute atomic E-state index is 0. The molecule has 2 rings (SSSR count). The lowest BCUT2D eigenvalue weighted by atomic mass is 10.1. The first-order valence-electron chi connectivity index (χ1n) is 4.30. The molecule has 16 heavy (non-hydrogen) atoms. The zero-order valence-corrected chi connectivity index (χ0v) is 8.97. The molecule has 6 heteroatoms. The summed E-state index contributed by atoms with van der Waals surface area (Å²) in [4.78, 5) is 0. The smallest absolute Gasteiger partial charge is 0.395 e. The van der Waals surface area contributed by atoms with E-state index in [2.05, 4.69) is 16.1 Å². The maximum Gasteiger partial charge on any atom is 0.586 e.